The van der Waals surface area contributed by atoms with Crippen molar-refractivity contribution in [3.05, 3.63) is 14.7 Å². The second-order valence-corrected chi connectivity index (χ2v) is 10.2. The van der Waals surface area contributed by atoms with Gasteiger partial charge in [0.15, 0.2) is 0 Å². The zero-order valence-electron chi connectivity index (χ0n) is 12.1. The molecule has 1 fully saturated rings. The smallest absolute Gasteiger partial charge is 0.243 e. The standard InChI is InChI=1S/C13H21BrN2O2S2/c1-10-12(8-13(14)19-10)20(17,18)16(3)9-11-4-6-15(2)7-5-11/h8,11H,4-7,9H2,1-3H3. The molecule has 0 bridgehead atoms. The quantitative estimate of drug-likeness (QED) is 0.805. The minimum Gasteiger partial charge on any atom is -0.306 e. The zero-order valence-corrected chi connectivity index (χ0v) is 15.3. The fraction of sp³-hybridized carbons (Fsp3) is 0.692. The lowest BCUT2D eigenvalue weighted by Crippen LogP contribution is -2.38. The minimum absolute atomic E-state index is 0.435. The van der Waals surface area contributed by atoms with Gasteiger partial charge in [-0.05, 0) is 67.8 Å². The first kappa shape index (κ1) is 16.4. The van der Waals surface area contributed by atoms with Gasteiger partial charge in [0, 0.05) is 18.5 Å². The van der Waals surface area contributed by atoms with E-state index in [-0.39, 0.29) is 0 Å². The van der Waals surface area contributed by atoms with E-state index >= 15 is 0 Å². The van der Waals surface area contributed by atoms with Gasteiger partial charge in [-0.25, -0.2) is 12.7 Å². The molecule has 2 rings (SSSR count). The highest BCUT2D eigenvalue weighted by atomic mass is 79.9. The Balaban J connectivity index is 2.08. The van der Waals surface area contributed by atoms with Crippen LogP contribution in [0.1, 0.15) is 17.7 Å². The van der Waals surface area contributed by atoms with E-state index in [1.807, 2.05) is 6.92 Å². The largest absolute Gasteiger partial charge is 0.306 e. The van der Waals surface area contributed by atoms with Crippen molar-refractivity contribution in [3.63, 3.8) is 0 Å². The molecule has 0 saturated carbocycles. The van der Waals surface area contributed by atoms with Crippen molar-refractivity contribution in [2.45, 2.75) is 24.7 Å². The highest BCUT2D eigenvalue weighted by molar-refractivity contribution is 9.11. The molecule has 1 saturated heterocycles. The normalized spacial score (nSPS) is 18.9. The summed E-state index contributed by atoms with van der Waals surface area (Å²) in [6.45, 7) is 4.58. The van der Waals surface area contributed by atoms with Gasteiger partial charge < -0.3 is 4.90 Å². The molecule has 0 aromatic carbocycles. The average Bonchev–Trinajstić information content (AvgIpc) is 2.72. The second-order valence-electron chi connectivity index (χ2n) is 5.50. The van der Waals surface area contributed by atoms with Gasteiger partial charge in [0.1, 0.15) is 0 Å². The van der Waals surface area contributed by atoms with Gasteiger partial charge in [0.05, 0.1) is 8.68 Å². The van der Waals surface area contributed by atoms with Gasteiger partial charge in [-0.15, -0.1) is 11.3 Å². The monoisotopic (exact) mass is 380 g/mol. The molecule has 2 heterocycles. The number of nitrogens with zero attached hydrogens (tertiary/aromatic N) is 2. The lowest BCUT2D eigenvalue weighted by atomic mass is 9.97. The third kappa shape index (κ3) is 3.62. The van der Waals surface area contributed by atoms with Crippen LogP contribution in [-0.2, 0) is 10.0 Å². The van der Waals surface area contributed by atoms with Crippen LogP contribution in [0, 0.1) is 12.8 Å². The fourth-order valence-corrected chi connectivity index (χ4v) is 6.19. The molecule has 0 atom stereocenters. The maximum absolute atomic E-state index is 12.6. The number of aryl methyl sites for hydroxylation is 1. The van der Waals surface area contributed by atoms with Crippen molar-refractivity contribution >= 4 is 37.3 Å². The molecule has 0 unspecified atom stereocenters. The summed E-state index contributed by atoms with van der Waals surface area (Å²) in [6.07, 6.45) is 2.14. The Morgan fingerprint density at radius 1 is 1.45 bits per heavy atom. The SMILES string of the molecule is Cc1sc(Br)cc1S(=O)(=O)N(C)CC1CCN(C)CC1. The molecule has 114 valence electrons. The van der Waals surface area contributed by atoms with Crippen LogP contribution < -0.4 is 0 Å². The van der Waals surface area contributed by atoms with Gasteiger partial charge in [0.2, 0.25) is 10.0 Å². The Labute approximate surface area is 133 Å². The second kappa shape index (κ2) is 6.44. The molecule has 1 aliphatic rings. The van der Waals surface area contributed by atoms with E-state index in [4.69, 9.17) is 0 Å². The molecule has 1 aliphatic heterocycles. The van der Waals surface area contributed by atoms with Crippen molar-refractivity contribution in [1.29, 1.82) is 0 Å². The van der Waals surface area contributed by atoms with Gasteiger partial charge >= 0.3 is 0 Å². The molecule has 1 aromatic heterocycles. The van der Waals surface area contributed by atoms with Crippen molar-refractivity contribution in [1.82, 2.24) is 9.21 Å². The van der Waals surface area contributed by atoms with Crippen LogP contribution in [0.4, 0.5) is 0 Å². The predicted molar refractivity (Wildman–Crippen MR) is 86.8 cm³/mol. The summed E-state index contributed by atoms with van der Waals surface area (Å²) in [5.74, 6) is 0.466. The number of hydrogen-bond donors (Lipinski definition) is 0. The lowest BCUT2D eigenvalue weighted by molar-refractivity contribution is 0.202. The zero-order chi connectivity index (χ0) is 14.9. The number of thiophene rings is 1. The topological polar surface area (TPSA) is 40.6 Å². The Hall–Kier alpha value is 0.0500. The summed E-state index contributed by atoms with van der Waals surface area (Å²) in [5, 5.41) is 0. The highest BCUT2D eigenvalue weighted by Crippen LogP contribution is 2.31. The molecule has 20 heavy (non-hydrogen) atoms. The Morgan fingerprint density at radius 3 is 2.55 bits per heavy atom. The van der Waals surface area contributed by atoms with Gasteiger partial charge in [-0.2, -0.15) is 0 Å². The van der Waals surface area contributed by atoms with E-state index in [0.29, 0.717) is 17.4 Å². The summed E-state index contributed by atoms with van der Waals surface area (Å²) in [7, 11) is 0.446. The van der Waals surface area contributed by atoms with E-state index in [9.17, 15) is 8.42 Å². The van der Waals surface area contributed by atoms with E-state index in [2.05, 4.69) is 27.9 Å². The molecule has 0 N–H and O–H groups in total. The summed E-state index contributed by atoms with van der Waals surface area (Å²) < 4.78 is 27.6. The number of halogens is 1. The number of sulfonamides is 1. The van der Waals surface area contributed by atoms with E-state index < -0.39 is 10.0 Å². The molecule has 4 nitrogen and oxygen atoms in total. The van der Waals surface area contributed by atoms with Crippen LogP contribution in [-0.4, -0.2) is 51.4 Å². The Morgan fingerprint density at radius 2 is 2.05 bits per heavy atom. The molecule has 0 spiro atoms. The first-order chi connectivity index (χ1) is 9.30. The van der Waals surface area contributed by atoms with Crippen LogP contribution in [0.3, 0.4) is 0 Å². The number of hydrogen-bond acceptors (Lipinski definition) is 4. The van der Waals surface area contributed by atoms with E-state index in [1.165, 1.54) is 15.6 Å². The fourth-order valence-electron chi connectivity index (χ4n) is 2.56. The van der Waals surface area contributed by atoms with Gasteiger partial charge in [0.25, 0.3) is 0 Å². The third-order valence-corrected chi connectivity index (χ3v) is 7.52. The van der Waals surface area contributed by atoms with Crippen molar-refractivity contribution in [3.8, 4) is 0 Å². The number of likely N-dealkylation sites (tertiary alicyclic amines) is 1. The Kier molecular flexibility index (Phi) is 5.29. The summed E-state index contributed by atoms with van der Waals surface area (Å²) >= 11 is 4.82. The van der Waals surface area contributed by atoms with Crippen molar-refractivity contribution in [2.24, 2.45) is 5.92 Å². The van der Waals surface area contributed by atoms with Crippen LogP contribution in [0.15, 0.2) is 14.7 Å². The average molecular weight is 381 g/mol. The summed E-state index contributed by atoms with van der Waals surface area (Å²) in [4.78, 5) is 3.57. The molecule has 0 radical (unpaired) electrons. The van der Waals surface area contributed by atoms with Crippen LogP contribution >= 0.6 is 27.3 Å². The molecule has 1 aromatic rings. The maximum Gasteiger partial charge on any atom is 0.243 e. The predicted octanol–water partition coefficient (Wildman–Crippen LogP) is 2.78. The van der Waals surface area contributed by atoms with Crippen molar-refractivity contribution < 1.29 is 8.42 Å². The van der Waals surface area contributed by atoms with E-state index in [0.717, 1.165) is 34.6 Å². The molecular formula is C13H21BrN2O2S2. The maximum atomic E-state index is 12.6. The van der Waals surface area contributed by atoms with E-state index in [1.54, 1.807) is 13.1 Å². The van der Waals surface area contributed by atoms with Crippen LogP contribution in [0.25, 0.3) is 0 Å². The summed E-state index contributed by atoms with van der Waals surface area (Å²) in [6, 6.07) is 1.71. The molecule has 0 amide bonds. The highest BCUT2D eigenvalue weighted by Gasteiger charge is 2.28. The first-order valence-electron chi connectivity index (χ1n) is 6.71. The van der Waals surface area contributed by atoms with Crippen LogP contribution in [0.5, 0.6) is 0 Å². The van der Waals surface area contributed by atoms with Crippen molar-refractivity contribution in [2.75, 3.05) is 33.7 Å². The number of rotatable bonds is 4. The lowest BCUT2D eigenvalue weighted by Gasteiger charge is -2.31. The molecule has 0 aliphatic carbocycles. The molecule has 7 heteroatoms. The van der Waals surface area contributed by atoms with Gasteiger partial charge in [-0.1, -0.05) is 0 Å². The van der Waals surface area contributed by atoms with Gasteiger partial charge in [-0.3, -0.25) is 0 Å². The first-order valence-corrected chi connectivity index (χ1v) is 9.76. The Bertz CT molecular complexity index is 563. The summed E-state index contributed by atoms with van der Waals surface area (Å²) in [5.41, 5.74) is 0. The van der Waals surface area contributed by atoms with Crippen LogP contribution in [0.2, 0.25) is 0 Å². The molecular weight excluding hydrogens is 360 g/mol. The minimum atomic E-state index is -3.36. The number of piperidine rings is 1. The third-order valence-electron chi connectivity index (χ3n) is 3.88.